The second-order valence-electron chi connectivity index (χ2n) is 6.74. The van der Waals surface area contributed by atoms with Gasteiger partial charge in [0.1, 0.15) is 11.1 Å². The number of halogens is 1. The number of guanidine groups is 1. The van der Waals surface area contributed by atoms with Gasteiger partial charge >= 0.3 is 0 Å². The number of nitrogens with zero attached hydrogens (tertiary/aromatic N) is 4. The Labute approximate surface area is 179 Å². The third-order valence-corrected chi connectivity index (χ3v) is 5.90. The molecule has 0 bridgehead atoms. The molecule has 1 aliphatic rings. The van der Waals surface area contributed by atoms with E-state index < -0.39 is 0 Å². The molecule has 1 aromatic rings. The summed E-state index contributed by atoms with van der Waals surface area (Å²) in [6, 6.07) is 0. The van der Waals surface area contributed by atoms with Gasteiger partial charge in [-0.25, -0.2) is 4.98 Å². The lowest BCUT2D eigenvalue weighted by Crippen LogP contribution is -2.44. The predicted octanol–water partition coefficient (Wildman–Crippen LogP) is 3.21. The maximum absolute atomic E-state index is 5.34. The summed E-state index contributed by atoms with van der Waals surface area (Å²) in [7, 11) is 5.62. The van der Waals surface area contributed by atoms with Crippen molar-refractivity contribution in [3.05, 3.63) is 16.1 Å². The van der Waals surface area contributed by atoms with Crippen molar-refractivity contribution < 1.29 is 4.74 Å². The van der Waals surface area contributed by atoms with Gasteiger partial charge in [0.2, 0.25) is 0 Å². The highest BCUT2D eigenvalue weighted by molar-refractivity contribution is 14.0. The van der Waals surface area contributed by atoms with Crippen LogP contribution in [0, 0.1) is 5.92 Å². The van der Waals surface area contributed by atoms with Crippen molar-refractivity contribution in [2.24, 2.45) is 10.9 Å². The van der Waals surface area contributed by atoms with Crippen LogP contribution in [0.15, 0.2) is 10.4 Å². The monoisotopic (exact) mass is 495 g/mol. The number of piperidine rings is 1. The molecule has 0 spiro atoms. The second kappa shape index (κ2) is 12.1. The van der Waals surface area contributed by atoms with Crippen molar-refractivity contribution in [3.63, 3.8) is 0 Å². The summed E-state index contributed by atoms with van der Waals surface area (Å²) in [5.74, 6) is 1.63. The first-order chi connectivity index (χ1) is 12.1. The lowest BCUT2D eigenvalue weighted by atomic mass is 9.98. The number of aliphatic imine (C=N–C) groups is 1. The van der Waals surface area contributed by atoms with Crippen LogP contribution >= 0.6 is 35.3 Å². The van der Waals surface area contributed by atoms with Gasteiger partial charge in [-0.1, -0.05) is 6.92 Å². The van der Waals surface area contributed by atoms with E-state index in [4.69, 9.17) is 4.74 Å². The van der Waals surface area contributed by atoms with Crippen LogP contribution in [0.4, 0.5) is 0 Å². The van der Waals surface area contributed by atoms with Crippen molar-refractivity contribution in [1.29, 1.82) is 0 Å². The first-order valence-corrected chi connectivity index (χ1v) is 10.1. The minimum Gasteiger partial charge on any atom is -0.375 e. The van der Waals surface area contributed by atoms with E-state index in [9.17, 15) is 0 Å². The molecule has 1 fully saturated rings. The number of hydrogen-bond donors (Lipinski definition) is 1. The van der Waals surface area contributed by atoms with Crippen molar-refractivity contribution in [2.75, 3.05) is 47.4 Å². The lowest BCUT2D eigenvalue weighted by Gasteiger charge is -2.32. The molecule has 1 saturated heterocycles. The van der Waals surface area contributed by atoms with Crippen molar-refractivity contribution in [3.8, 4) is 0 Å². The number of methoxy groups -OCH3 is 1. The molecule has 0 aliphatic carbocycles. The van der Waals surface area contributed by atoms with E-state index in [1.165, 1.54) is 25.9 Å². The summed E-state index contributed by atoms with van der Waals surface area (Å²) >= 11 is 1.65. The molecule has 0 aromatic carbocycles. The maximum atomic E-state index is 5.34. The van der Waals surface area contributed by atoms with E-state index in [1.807, 2.05) is 14.0 Å². The molecule has 0 amide bonds. The molecule has 6 nitrogen and oxygen atoms in total. The summed E-state index contributed by atoms with van der Waals surface area (Å²) < 4.78 is 5.34. The van der Waals surface area contributed by atoms with Gasteiger partial charge in [0.05, 0.1) is 12.2 Å². The number of likely N-dealkylation sites (tertiary alicyclic amines) is 1. The molecule has 1 N–H and O–H groups in total. The predicted molar refractivity (Wildman–Crippen MR) is 121 cm³/mol. The summed E-state index contributed by atoms with van der Waals surface area (Å²) in [6.45, 7) is 9.58. The normalized spacial score (nSPS) is 19.7. The van der Waals surface area contributed by atoms with Gasteiger partial charge in [0, 0.05) is 39.7 Å². The largest absolute Gasteiger partial charge is 0.375 e. The zero-order valence-corrected chi connectivity index (χ0v) is 19.8. The van der Waals surface area contributed by atoms with E-state index in [-0.39, 0.29) is 30.1 Å². The number of nitrogens with one attached hydrogen (secondary N) is 1. The van der Waals surface area contributed by atoms with Gasteiger partial charge in [0.15, 0.2) is 5.96 Å². The first-order valence-electron chi connectivity index (χ1n) is 9.18. The number of rotatable bonds is 7. The SMILES string of the molecule is CCN1CCCC(CNC(=NC)N(C)Cc2csc(C(C)OC)n2)C1.I. The number of aromatic nitrogens is 1. The van der Waals surface area contributed by atoms with Gasteiger partial charge in [-0.2, -0.15) is 0 Å². The van der Waals surface area contributed by atoms with Crippen molar-refractivity contribution in [2.45, 2.75) is 39.3 Å². The van der Waals surface area contributed by atoms with Gasteiger partial charge in [-0.3, -0.25) is 4.99 Å². The third kappa shape index (κ3) is 6.94. The van der Waals surface area contributed by atoms with Crippen LogP contribution in [0.2, 0.25) is 0 Å². The quantitative estimate of drug-likeness (QED) is 0.358. The fourth-order valence-electron chi connectivity index (χ4n) is 3.23. The molecule has 8 heteroatoms. The Morgan fingerprint density at radius 2 is 2.35 bits per heavy atom. The Kier molecular flexibility index (Phi) is 11.0. The van der Waals surface area contributed by atoms with Crippen molar-refractivity contribution in [1.82, 2.24) is 20.1 Å². The standard InChI is InChI=1S/C18H33N5OS.HI/c1-6-23-9-7-8-15(11-23)10-20-18(19-3)22(4)12-16-13-25-17(21-16)14(2)24-5;/h13-15H,6-12H2,1-5H3,(H,19,20);1H. The number of ether oxygens (including phenoxy) is 1. The number of thiazole rings is 1. The Morgan fingerprint density at radius 3 is 3.00 bits per heavy atom. The Hall–Kier alpha value is -0.450. The summed E-state index contributed by atoms with van der Waals surface area (Å²) in [5.41, 5.74) is 1.06. The lowest BCUT2D eigenvalue weighted by molar-refractivity contribution is 0.119. The highest BCUT2D eigenvalue weighted by Crippen LogP contribution is 2.21. The van der Waals surface area contributed by atoms with E-state index in [2.05, 4.69) is 44.4 Å². The van der Waals surface area contributed by atoms with E-state index in [0.717, 1.165) is 36.3 Å². The fourth-order valence-corrected chi connectivity index (χ4v) is 4.07. The molecule has 150 valence electrons. The molecule has 0 saturated carbocycles. The topological polar surface area (TPSA) is 53.0 Å². The van der Waals surface area contributed by atoms with Crippen LogP contribution in [0.5, 0.6) is 0 Å². The first kappa shape index (κ1) is 23.6. The van der Waals surface area contributed by atoms with Crippen LogP contribution in [-0.2, 0) is 11.3 Å². The molecule has 2 atom stereocenters. The molecule has 2 unspecified atom stereocenters. The van der Waals surface area contributed by atoms with Crippen LogP contribution in [0.1, 0.15) is 43.5 Å². The fraction of sp³-hybridized carbons (Fsp3) is 0.778. The molecule has 1 aliphatic heterocycles. The van der Waals surface area contributed by atoms with E-state index >= 15 is 0 Å². The average Bonchev–Trinajstić information content (AvgIpc) is 3.10. The van der Waals surface area contributed by atoms with Crippen LogP contribution in [0.25, 0.3) is 0 Å². The van der Waals surface area contributed by atoms with E-state index in [0.29, 0.717) is 5.92 Å². The van der Waals surface area contributed by atoms with Gasteiger partial charge in [-0.05, 0) is 38.8 Å². The highest BCUT2D eigenvalue weighted by Gasteiger charge is 2.19. The van der Waals surface area contributed by atoms with E-state index in [1.54, 1.807) is 18.4 Å². The van der Waals surface area contributed by atoms with Gasteiger partial charge in [0.25, 0.3) is 0 Å². The van der Waals surface area contributed by atoms with Crippen LogP contribution in [-0.4, -0.2) is 68.1 Å². The van der Waals surface area contributed by atoms with Crippen LogP contribution in [0.3, 0.4) is 0 Å². The van der Waals surface area contributed by atoms with Gasteiger partial charge < -0.3 is 19.9 Å². The average molecular weight is 495 g/mol. The molecular weight excluding hydrogens is 461 g/mol. The molecule has 2 heterocycles. The smallest absolute Gasteiger partial charge is 0.193 e. The van der Waals surface area contributed by atoms with Crippen molar-refractivity contribution >= 4 is 41.3 Å². The summed E-state index contributed by atoms with van der Waals surface area (Å²) in [6.07, 6.45) is 2.65. The van der Waals surface area contributed by atoms with Crippen LogP contribution < -0.4 is 5.32 Å². The Balaban J connectivity index is 0.00000338. The summed E-state index contributed by atoms with van der Waals surface area (Å²) in [4.78, 5) is 13.8. The molecule has 0 radical (unpaired) electrons. The Morgan fingerprint density at radius 1 is 1.58 bits per heavy atom. The zero-order chi connectivity index (χ0) is 18.2. The summed E-state index contributed by atoms with van der Waals surface area (Å²) in [5, 5.41) is 6.67. The minimum atomic E-state index is 0. The molecule has 1 aromatic heterocycles. The zero-order valence-electron chi connectivity index (χ0n) is 16.7. The molecular formula is C18H34IN5OS. The molecule has 26 heavy (non-hydrogen) atoms. The minimum absolute atomic E-state index is 0. The maximum Gasteiger partial charge on any atom is 0.193 e. The van der Waals surface area contributed by atoms with Gasteiger partial charge in [-0.15, -0.1) is 35.3 Å². The number of hydrogen-bond acceptors (Lipinski definition) is 5. The molecule has 2 rings (SSSR count). The second-order valence-corrected chi connectivity index (χ2v) is 7.63. The Bertz CT molecular complexity index is 553. The highest BCUT2D eigenvalue weighted by atomic mass is 127. The third-order valence-electron chi connectivity index (χ3n) is 4.84.